The van der Waals surface area contributed by atoms with Gasteiger partial charge in [0.1, 0.15) is 5.69 Å². The first-order chi connectivity index (χ1) is 20.6. The Labute approximate surface area is 244 Å². The number of hydrogen-bond donors (Lipinski definition) is 2. The molecule has 44 heavy (non-hydrogen) atoms. The van der Waals surface area contributed by atoms with Crippen molar-refractivity contribution in [3.8, 4) is 0 Å². The summed E-state index contributed by atoms with van der Waals surface area (Å²) in [5, 5.41) is 9.54. The number of carbonyl (C=O) groups excluding carboxylic acids is 2. The summed E-state index contributed by atoms with van der Waals surface area (Å²) in [5.74, 6) is -5.22. The van der Waals surface area contributed by atoms with Crippen LogP contribution < -0.4 is 10.6 Å². The molecule has 5 rings (SSSR count). The van der Waals surface area contributed by atoms with Crippen molar-refractivity contribution < 1.29 is 44.7 Å². The molecule has 0 aliphatic heterocycles. The maximum Gasteiger partial charge on any atom is 0.434 e. The summed E-state index contributed by atoms with van der Waals surface area (Å²) >= 11 is 0. The molecule has 9 nitrogen and oxygen atoms in total. The lowest BCUT2D eigenvalue weighted by Gasteiger charge is -2.33. The molecule has 238 valence electrons. The van der Waals surface area contributed by atoms with Crippen LogP contribution in [0.2, 0.25) is 0 Å². The number of alkyl halides is 8. The van der Waals surface area contributed by atoms with Crippen molar-refractivity contribution in [2.45, 2.75) is 81.7 Å². The van der Waals surface area contributed by atoms with Gasteiger partial charge in [0, 0.05) is 19.3 Å². The van der Waals surface area contributed by atoms with E-state index in [1.165, 1.54) is 16.9 Å². The highest BCUT2D eigenvalue weighted by molar-refractivity contribution is 5.92. The third kappa shape index (κ3) is 7.77. The van der Waals surface area contributed by atoms with E-state index in [4.69, 9.17) is 0 Å². The smallest absolute Gasteiger partial charge is 0.349 e. The predicted molar refractivity (Wildman–Crippen MR) is 136 cm³/mol. The quantitative estimate of drug-likeness (QED) is 0.291. The average Bonchev–Trinajstić information content (AvgIpc) is 3.70. The van der Waals surface area contributed by atoms with Crippen LogP contribution in [0.3, 0.4) is 0 Å². The lowest BCUT2D eigenvalue weighted by Crippen LogP contribution is -2.37. The zero-order chi connectivity index (χ0) is 31.9. The molecule has 2 N–H and O–H groups in total. The molecular weight excluding hydrogens is 606 g/mol. The summed E-state index contributed by atoms with van der Waals surface area (Å²) in [6, 6.07) is -0.0271. The van der Waals surface area contributed by atoms with Gasteiger partial charge < -0.3 is 10.6 Å². The maximum absolute atomic E-state index is 14.0. The van der Waals surface area contributed by atoms with Gasteiger partial charge in [-0.2, -0.15) is 31.4 Å². The van der Waals surface area contributed by atoms with E-state index in [1.54, 1.807) is 6.07 Å². The first-order valence-electron chi connectivity index (χ1n) is 13.9. The third-order valence-electron chi connectivity index (χ3n) is 7.76. The highest BCUT2D eigenvalue weighted by Crippen LogP contribution is 2.43. The molecule has 17 heteroatoms. The minimum Gasteiger partial charge on any atom is -0.349 e. The molecule has 2 atom stereocenters. The number of amides is 2. The van der Waals surface area contributed by atoms with Gasteiger partial charge in [-0.15, -0.1) is 0 Å². The minimum atomic E-state index is -4.85. The molecule has 0 aromatic carbocycles. The Balaban J connectivity index is 1.41. The van der Waals surface area contributed by atoms with Gasteiger partial charge in [-0.05, 0) is 49.1 Å². The zero-order valence-corrected chi connectivity index (χ0v) is 22.9. The first-order valence-corrected chi connectivity index (χ1v) is 13.9. The van der Waals surface area contributed by atoms with E-state index < -0.39 is 85.2 Å². The highest BCUT2D eigenvalue weighted by Gasteiger charge is 2.40. The molecule has 0 radical (unpaired) electrons. The number of hydrogen-bond acceptors (Lipinski definition) is 6. The van der Waals surface area contributed by atoms with Crippen molar-refractivity contribution in [1.82, 2.24) is 35.2 Å². The van der Waals surface area contributed by atoms with Crippen molar-refractivity contribution in [2.24, 2.45) is 11.8 Å². The fourth-order valence-corrected chi connectivity index (χ4v) is 5.29. The van der Waals surface area contributed by atoms with E-state index in [-0.39, 0.29) is 30.1 Å². The number of halogens is 8. The lowest BCUT2D eigenvalue weighted by atomic mass is 9.81. The Bertz CT molecular complexity index is 1510. The summed E-state index contributed by atoms with van der Waals surface area (Å²) in [5.41, 5.74) is -1.06. The van der Waals surface area contributed by atoms with Crippen LogP contribution >= 0.6 is 0 Å². The average molecular weight is 634 g/mol. The predicted octanol–water partition coefficient (Wildman–Crippen LogP) is 5.74. The Kier molecular flexibility index (Phi) is 8.50. The number of nitrogens with one attached hydrogen (secondary N) is 2. The summed E-state index contributed by atoms with van der Waals surface area (Å²) in [6.45, 7) is 0. The molecule has 3 aromatic rings. The number of fused-ring (bicyclic) bond motifs is 1. The Morgan fingerprint density at radius 1 is 0.932 bits per heavy atom. The van der Waals surface area contributed by atoms with Crippen LogP contribution in [0.1, 0.15) is 90.9 Å². The number of nitrogens with zero attached hydrogens (tertiary/aromatic N) is 5. The molecular formula is C27H27F8N7O2. The van der Waals surface area contributed by atoms with Gasteiger partial charge in [0.15, 0.2) is 11.3 Å². The van der Waals surface area contributed by atoms with Crippen molar-refractivity contribution in [3.63, 3.8) is 0 Å². The Hall–Kier alpha value is -3.92. The number of carbonyl (C=O) groups is 2. The Morgan fingerprint density at radius 2 is 1.61 bits per heavy atom. The van der Waals surface area contributed by atoms with Crippen LogP contribution in [-0.2, 0) is 11.0 Å². The second-order valence-corrected chi connectivity index (χ2v) is 11.2. The largest absolute Gasteiger partial charge is 0.434 e. The molecule has 0 unspecified atom stereocenters. The maximum atomic E-state index is 14.0. The van der Waals surface area contributed by atoms with Gasteiger partial charge >= 0.3 is 12.4 Å². The van der Waals surface area contributed by atoms with E-state index in [0.29, 0.717) is 11.8 Å². The molecule has 3 aromatic heterocycles. The fraction of sp³-hybridized carbons (Fsp3) is 0.556. The standard InChI is InChI=1S/C27H27F8N7O2/c28-25(29)6-3-15(4-7-25)23(41-24(44)17-11-36-12-19(38-17)27(33,34)35)18-13-42-20(39-18)9-16(10-37-42)22(14-1-2-14)40-21(43)5-8-26(30,31)32/h9-15,22-23H,1-8H2,(H,40,43)(H,41,44)/t22-,23+/m1/s1. The minimum absolute atomic E-state index is 0.00645. The van der Waals surface area contributed by atoms with Crippen LogP contribution in [-0.4, -0.2) is 48.5 Å². The molecule has 2 aliphatic rings. The number of aromatic nitrogens is 5. The van der Waals surface area contributed by atoms with E-state index >= 15 is 0 Å². The van der Waals surface area contributed by atoms with Crippen LogP contribution in [0, 0.1) is 11.8 Å². The van der Waals surface area contributed by atoms with E-state index in [9.17, 15) is 44.7 Å². The van der Waals surface area contributed by atoms with Gasteiger partial charge in [0.25, 0.3) is 5.91 Å². The van der Waals surface area contributed by atoms with Crippen LogP contribution in [0.25, 0.3) is 5.65 Å². The summed E-state index contributed by atoms with van der Waals surface area (Å²) < 4.78 is 106. The van der Waals surface area contributed by atoms with Gasteiger partial charge in [0.2, 0.25) is 11.8 Å². The fourth-order valence-electron chi connectivity index (χ4n) is 5.29. The SMILES string of the molecule is O=C(CCC(F)(F)F)N[C@@H](c1cnn2cc([C@@H](NC(=O)c3cncc(C(F)(F)F)n3)C3CCC(F)(F)CC3)nc2c1)C1CC1. The molecule has 0 saturated heterocycles. The number of rotatable bonds is 9. The topological polar surface area (TPSA) is 114 Å². The Morgan fingerprint density at radius 3 is 2.25 bits per heavy atom. The van der Waals surface area contributed by atoms with E-state index in [2.05, 4.69) is 30.7 Å². The second-order valence-electron chi connectivity index (χ2n) is 11.2. The summed E-state index contributed by atoms with van der Waals surface area (Å²) in [7, 11) is 0. The summed E-state index contributed by atoms with van der Waals surface area (Å²) in [6.07, 6.45) is -6.56. The van der Waals surface area contributed by atoms with E-state index in [1.807, 2.05) is 0 Å². The van der Waals surface area contributed by atoms with Crippen molar-refractivity contribution in [1.29, 1.82) is 0 Å². The summed E-state index contributed by atoms with van der Waals surface area (Å²) in [4.78, 5) is 36.6. The number of imidazole rings is 1. The van der Waals surface area contributed by atoms with Gasteiger partial charge in [-0.1, -0.05) is 0 Å². The second kappa shape index (κ2) is 11.9. The normalized spacial score (nSPS) is 19.0. The van der Waals surface area contributed by atoms with E-state index in [0.717, 1.165) is 19.0 Å². The van der Waals surface area contributed by atoms with Crippen molar-refractivity contribution in [3.05, 3.63) is 53.5 Å². The third-order valence-corrected chi connectivity index (χ3v) is 7.76. The molecule has 2 saturated carbocycles. The van der Waals surface area contributed by atoms with Crippen molar-refractivity contribution in [2.75, 3.05) is 0 Å². The van der Waals surface area contributed by atoms with Gasteiger partial charge in [-0.3, -0.25) is 14.6 Å². The molecule has 0 spiro atoms. The van der Waals surface area contributed by atoms with Gasteiger partial charge in [-0.25, -0.2) is 23.3 Å². The van der Waals surface area contributed by atoms with Crippen LogP contribution in [0.15, 0.2) is 30.9 Å². The molecule has 2 aliphatic carbocycles. The van der Waals surface area contributed by atoms with Crippen LogP contribution in [0.5, 0.6) is 0 Å². The van der Waals surface area contributed by atoms with Crippen LogP contribution in [0.4, 0.5) is 35.1 Å². The molecule has 0 bridgehead atoms. The monoisotopic (exact) mass is 633 g/mol. The zero-order valence-electron chi connectivity index (χ0n) is 22.9. The van der Waals surface area contributed by atoms with Gasteiger partial charge in [0.05, 0.1) is 49.0 Å². The molecule has 2 fully saturated rings. The molecule has 3 heterocycles. The first kappa shape index (κ1) is 31.5. The molecule has 2 amide bonds. The van der Waals surface area contributed by atoms with Crippen molar-refractivity contribution >= 4 is 17.5 Å². The highest BCUT2D eigenvalue weighted by atomic mass is 19.4. The lowest BCUT2D eigenvalue weighted by molar-refractivity contribution is -0.144.